The molecule has 1 aromatic heterocycles. The molecule has 4 heteroatoms. The van der Waals surface area contributed by atoms with Crippen molar-refractivity contribution < 1.29 is 4.74 Å². The summed E-state index contributed by atoms with van der Waals surface area (Å²) in [6.45, 7) is 2.51. The van der Waals surface area contributed by atoms with Crippen molar-refractivity contribution >= 4 is 11.8 Å². The summed E-state index contributed by atoms with van der Waals surface area (Å²) in [5, 5.41) is 3.06. The first kappa shape index (κ1) is 12.9. The van der Waals surface area contributed by atoms with Crippen LogP contribution in [0.1, 0.15) is 24.3 Å². The van der Waals surface area contributed by atoms with Gasteiger partial charge in [-0.25, -0.2) is 0 Å². The Morgan fingerprint density at radius 2 is 2.29 bits per heavy atom. The molecular weight excluding hydrogens is 232 g/mol. The zero-order chi connectivity index (χ0) is 11.9. The second-order valence-corrected chi connectivity index (χ2v) is 5.46. The van der Waals surface area contributed by atoms with Gasteiger partial charge in [-0.1, -0.05) is 0 Å². The van der Waals surface area contributed by atoms with E-state index in [0.717, 1.165) is 31.4 Å². The average Bonchev–Trinajstić information content (AvgIpc) is 3.18. The zero-order valence-corrected chi connectivity index (χ0v) is 11.1. The molecule has 0 atom stereocenters. The number of aromatic nitrogens is 1. The van der Waals surface area contributed by atoms with Gasteiger partial charge in [-0.3, -0.25) is 4.98 Å². The molecule has 1 aromatic rings. The Balaban J connectivity index is 1.66. The normalized spacial score (nSPS) is 15.1. The molecule has 3 nitrogen and oxygen atoms in total. The third-order valence-corrected chi connectivity index (χ3v) is 3.70. The Labute approximate surface area is 107 Å². The van der Waals surface area contributed by atoms with E-state index in [1.54, 1.807) is 0 Å². The van der Waals surface area contributed by atoms with Crippen LogP contribution in [0.15, 0.2) is 23.4 Å². The van der Waals surface area contributed by atoms with Crippen LogP contribution in [0, 0.1) is 0 Å². The van der Waals surface area contributed by atoms with Gasteiger partial charge in [0.15, 0.2) is 0 Å². The van der Waals surface area contributed by atoms with Gasteiger partial charge in [0.1, 0.15) is 0 Å². The molecule has 1 fully saturated rings. The van der Waals surface area contributed by atoms with E-state index >= 15 is 0 Å². The molecule has 0 amide bonds. The Bertz CT molecular complexity index is 342. The van der Waals surface area contributed by atoms with E-state index < -0.39 is 0 Å². The van der Waals surface area contributed by atoms with Crippen molar-refractivity contribution in [3.8, 4) is 0 Å². The van der Waals surface area contributed by atoms with Crippen molar-refractivity contribution in [3.63, 3.8) is 0 Å². The second-order valence-electron chi connectivity index (χ2n) is 4.29. The minimum atomic E-state index is 0.787. The number of nitrogens with one attached hydrogen (secondary N) is 1. The van der Waals surface area contributed by atoms with E-state index in [9.17, 15) is 0 Å². The summed E-state index contributed by atoms with van der Waals surface area (Å²) >= 11 is 1.83. The quantitative estimate of drug-likeness (QED) is 0.568. The highest BCUT2D eigenvalue weighted by molar-refractivity contribution is 7.99. The molecule has 0 radical (unpaired) electrons. The highest BCUT2D eigenvalue weighted by Gasteiger charge is 2.23. The van der Waals surface area contributed by atoms with Gasteiger partial charge in [-0.2, -0.15) is 0 Å². The van der Waals surface area contributed by atoms with Crippen LogP contribution >= 0.6 is 11.8 Å². The van der Waals surface area contributed by atoms with Crippen molar-refractivity contribution in [1.29, 1.82) is 0 Å². The summed E-state index contributed by atoms with van der Waals surface area (Å²) < 4.78 is 5.48. The number of thioether (sulfide) groups is 1. The highest BCUT2D eigenvalue weighted by Crippen LogP contribution is 2.40. The summed E-state index contributed by atoms with van der Waals surface area (Å²) in [6, 6.07) is 2.28. The van der Waals surface area contributed by atoms with E-state index in [1.165, 1.54) is 23.3 Å². The first-order valence-corrected chi connectivity index (χ1v) is 7.19. The third-order valence-electron chi connectivity index (χ3n) is 2.78. The average molecular weight is 252 g/mol. The topological polar surface area (TPSA) is 34.1 Å². The van der Waals surface area contributed by atoms with E-state index in [0.29, 0.717) is 0 Å². The minimum Gasteiger partial charge on any atom is -0.379 e. The summed E-state index contributed by atoms with van der Waals surface area (Å²) in [7, 11) is 1.94. The van der Waals surface area contributed by atoms with Gasteiger partial charge in [0, 0.05) is 29.6 Å². The van der Waals surface area contributed by atoms with Gasteiger partial charge in [-0.05, 0) is 37.4 Å². The number of pyridine rings is 1. The monoisotopic (exact) mass is 252 g/mol. The fourth-order valence-corrected chi connectivity index (χ4v) is 2.44. The van der Waals surface area contributed by atoms with Crippen LogP contribution in [-0.2, 0) is 4.74 Å². The SMILES string of the molecule is CNCCOCCSc1cncc(C2CC2)c1. The predicted molar refractivity (Wildman–Crippen MR) is 71.7 cm³/mol. The Hall–Kier alpha value is -0.580. The zero-order valence-electron chi connectivity index (χ0n) is 10.3. The van der Waals surface area contributed by atoms with Crippen molar-refractivity contribution in [1.82, 2.24) is 10.3 Å². The standard InChI is InChI=1S/C13H20N2OS/c1-14-4-5-16-6-7-17-13-8-12(9-15-10-13)11-2-3-11/h8-11,14H,2-7H2,1H3. The molecule has 0 aromatic carbocycles. The van der Waals surface area contributed by atoms with Crippen LogP contribution in [-0.4, -0.2) is 37.5 Å². The molecule has 0 unspecified atom stereocenters. The fourth-order valence-electron chi connectivity index (χ4n) is 1.65. The molecule has 17 heavy (non-hydrogen) atoms. The highest BCUT2D eigenvalue weighted by atomic mass is 32.2. The number of hydrogen-bond acceptors (Lipinski definition) is 4. The van der Waals surface area contributed by atoms with Gasteiger partial charge >= 0.3 is 0 Å². The summed E-state index contributed by atoms with van der Waals surface area (Å²) in [6.07, 6.45) is 6.63. The summed E-state index contributed by atoms with van der Waals surface area (Å²) in [5.41, 5.74) is 1.41. The van der Waals surface area contributed by atoms with Crippen LogP contribution in [0.2, 0.25) is 0 Å². The molecule has 1 saturated carbocycles. The second kappa shape index (κ2) is 6.99. The number of rotatable bonds is 8. The van der Waals surface area contributed by atoms with Crippen LogP contribution in [0.3, 0.4) is 0 Å². The molecule has 1 N–H and O–H groups in total. The maximum atomic E-state index is 5.48. The number of ether oxygens (including phenoxy) is 1. The molecule has 0 aliphatic heterocycles. The molecule has 0 bridgehead atoms. The molecule has 94 valence electrons. The number of nitrogens with zero attached hydrogens (tertiary/aromatic N) is 1. The molecule has 2 rings (SSSR count). The van der Waals surface area contributed by atoms with Gasteiger partial charge in [0.2, 0.25) is 0 Å². The lowest BCUT2D eigenvalue weighted by Crippen LogP contribution is -2.15. The molecule has 0 spiro atoms. The van der Waals surface area contributed by atoms with Crippen LogP contribution < -0.4 is 5.32 Å². The van der Waals surface area contributed by atoms with Gasteiger partial charge < -0.3 is 10.1 Å². The molecule has 1 aliphatic carbocycles. The lowest BCUT2D eigenvalue weighted by atomic mass is 10.2. The van der Waals surface area contributed by atoms with Gasteiger partial charge in [0.05, 0.1) is 13.2 Å². The molecule has 0 saturated heterocycles. The summed E-state index contributed by atoms with van der Waals surface area (Å²) in [4.78, 5) is 5.57. The maximum absolute atomic E-state index is 5.48. The van der Waals surface area contributed by atoms with Gasteiger partial charge in [-0.15, -0.1) is 11.8 Å². The van der Waals surface area contributed by atoms with Crippen molar-refractivity contribution in [2.75, 3.05) is 32.6 Å². The Kier molecular flexibility index (Phi) is 5.29. The lowest BCUT2D eigenvalue weighted by Gasteiger charge is -2.05. The van der Waals surface area contributed by atoms with Gasteiger partial charge in [0.25, 0.3) is 0 Å². The first-order chi connectivity index (χ1) is 8.40. The van der Waals surface area contributed by atoms with Crippen molar-refractivity contribution in [2.24, 2.45) is 0 Å². The number of likely N-dealkylation sites (N-methyl/N-ethyl adjacent to an activating group) is 1. The van der Waals surface area contributed by atoms with Crippen molar-refractivity contribution in [2.45, 2.75) is 23.7 Å². The van der Waals surface area contributed by atoms with Crippen molar-refractivity contribution in [3.05, 3.63) is 24.0 Å². The van der Waals surface area contributed by atoms with Crippen LogP contribution in [0.5, 0.6) is 0 Å². The predicted octanol–water partition coefficient (Wildman–Crippen LogP) is 2.29. The first-order valence-electron chi connectivity index (χ1n) is 6.20. The molecule has 1 aliphatic rings. The lowest BCUT2D eigenvalue weighted by molar-refractivity contribution is 0.153. The van der Waals surface area contributed by atoms with E-state index in [1.807, 2.05) is 31.2 Å². The van der Waals surface area contributed by atoms with Crippen LogP contribution in [0.25, 0.3) is 0 Å². The molecule has 1 heterocycles. The smallest absolute Gasteiger partial charge is 0.0591 e. The van der Waals surface area contributed by atoms with E-state index in [2.05, 4.69) is 16.4 Å². The van der Waals surface area contributed by atoms with E-state index in [4.69, 9.17) is 4.74 Å². The molecular formula is C13H20N2OS. The maximum Gasteiger partial charge on any atom is 0.0591 e. The Morgan fingerprint density at radius 1 is 1.41 bits per heavy atom. The number of hydrogen-bond donors (Lipinski definition) is 1. The third kappa shape index (κ3) is 4.66. The Morgan fingerprint density at radius 3 is 3.06 bits per heavy atom. The van der Waals surface area contributed by atoms with Crippen LogP contribution in [0.4, 0.5) is 0 Å². The fraction of sp³-hybridized carbons (Fsp3) is 0.615. The summed E-state index contributed by atoms with van der Waals surface area (Å²) in [5.74, 6) is 1.79. The minimum absolute atomic E-state index is 0.787. The van der Waals surface area contributed by atoms with E-state index in [-0.39, 0.29) is 0 Å². The largest absolute Gasteiger partial charge is 0.379 e.